The van der Waals surface area contributed by atoms with E-state index in [9.17, 15) is 0 Å². The summed E-state index contributed by atoms with van der Waals surface area (Å²) in [5.74, 6) is 0. The third-order valence-corrected chi connectivity index (χ3v) is 3.39. The maximum atomic E-state index is 4.68. The molecule has 0 fully saturated rings. The fourth-order valence-corrected chi connectivity index (χ4v) is 2.42. The van der Waals surface area contributed by atoms with Crippen molar-refractivity contribution in [1.82, 2.24) is 4.98 Å². The zero-order chi connectivity index (χ0) is 11.7. The predicted molar refractivity (Wildman–Crippen MR) is 79.9 cm³/mol. The molecule has 0 aliphatic carbocycles. The predicted octanol–water partition coefficient (Wildman–Crippen LogP) is 4.51. The molecule has 0 N–H and O–H groups in total. The highest BCUT2D eigenvalue weighted by Crippen LogP contribution is 2.22. The van der Waals surface area contributed by atoms with Crippen molar-refractivity contribution in [3.8, 4) is 11.3 Å². The van der Waals surface area contributed by atoms with Gasteiger partial charge in [0.05, 0.1) is 11.2 Å². The first-order valence-electron chi connectivity index (χ1n) is 5.45. The van der Waals surface area contributed by atoms with Gasteiger partial charge in [-0.05, 0) is 46.9 Å². The summed E-state index contributed by atoms with van der Waals surface area (Å²) < 4.78 is 1.23. The van der Waals surface area contributed by atoms with Crippen LogP contribution < -0.4 is 0 Å². The fourth-order valence-electron chi connectivity index (χ4n) is 1.87. The minimum atomic E-state index is 1.03. The molecule has 3 rings (SSSR count). The molecule has 1 aromatic heterocycles. The van der Waals surface area contributed by atoms with Crippen LogP contribution in [-0.4, -0.2) is 4.98 Å². The third kappa shape index (κ3) is 2.17. The zero-order valence-corrected chi connectivity index (χ0v) is 11.3. The van der Waals surface area contributed by atoms with E-state index in [0.29, 0.717) is 0 Å². The van der Waals surface area contributed by atoms with Crippen molar-refractivity contribution in [1.29, 1.82) is 0 Å². The zero-order valence-electron chi connectivity index (χ0n) is 9.10. The van der Waals surface area contributed by atoms with Crippen molar-refractivity contribution in [2.24, 2.45) is 0 Å². The number of aromatic nitrogens is 1. The lowest BCUT2D eigenvalue weighted by molar-refractivity contribution is 1.39. The molecule has 1 heterocycles. The lowest BCUT2D eigenvalue weighted by Crippen LogP contribution is -1.85. The highest BCUT2D eigenvalue weighted by atomic mass is 127. The molecule has 0 radical (unpaired) electrons. The van der Waals surface area contributed by atoms with E-state index >= 15 is 0 Å². The van der Waals surface area contributed by atoms with E-state index in [2.05, 4.69) is 70.0 Å². The molecule has 0 saturated heterocycles. The van der Waals surface area contributed by atoms with Crippen LogP contribution in [0.3, 0.4) is 0 Å². The number of rotatable bonds is 1. The molecule has 0 aliphatic heterocycles. The van der Waals surface area contributed by atoms with Gasteiger partial charge in [-0.1, -0.05) is 36.4 Å². The van der Waals surface area contributed by atoms with Crippen molar-refractivity contribution >= 4 is 33.5 Å². The molecule has 17 heavy (non-hydrogen) atoms. The fraction of sp³-hybridized carbons (Fsp3) is 0. The SMILES string of the molecule is Ic1cccc(-c2ccc3ccccc3n2)c1. The van der Waals surface area contributed by atoms with Gasteiger partial charge in [-0.15, -0.1) is 0 Å². The normalized spacial score (nSPS) is 10.6. The number of pyridine rings is 1. The van der Waals surface area contributed by atoms with Crippen molar-refractivity contribution in [2.75, 3.05) is 0 Å². The molecule has 0 saturated carbocycles. The topological polar surface area (TPSA) is 12.9 Å². The molecule has 82 valence electrons. The average molecular weight is 331 g/mol. The maximum absolute atomic E-state index is 4.68. The van der Waals surface area contributed by atoms with Crippen LogP contribution in [0.5, 0.6) is 0 Å². The van der Waals surface area contributed by atoms with Crippen LogP contribution in [-0.2, 0) is 0 Å². The van der Waals surface area contributed by atoms with Gasteiger partial charge in [0.1, 0.15) is 0 Å². The molecule has 0 amide bonds. The third-order valence-electron chi connectivity index (χ3n) is 2.72. The number of fused-ring (bicyclic) bond motifs is 1. The summed E-state index contributed by atoms with van der Waals surface area (Å²) in [6.45, 7) is 0. The number of benzene rings is 2. The number of nitrogens with zero attached hydrogens (tertiary/aromatic N) is 1. The Morgan fingerprint density at radius 3 is 2.59 bits per heavy atom. The number of hydrogen-bond acceptors (Lipinski definition) is 1. The summed E-state index contributed by atoms with van der Waals surface area (Å²) in [4.78, 5) is 4.68. The van der Waals surface area contributed by atoms with E-state index in [1.54, 1.807) is 0 Å². The Bertz CT molecular complexity index is 676. The Morgan fingerprint density at radius 1 is 0.824 bits per heavy atom. The molecule has 0 bridgehead atoms. The van der Waals surface area contributed by atoms with Crippen LogP contribution in [0.15, 0.2) is 60.7 Å². The Hall–Kier alpha value is -1.42. The van der Waals surface area contributed by atoms with Gasteiger partial charge in [0.25, 0.3) is 0 Å². The van der Waals surface area contributed by atoms with Gasteiger partial charge >= 0.3 is 0 Å². The molecule has 3 aromatic rings. The lowest BCUT2D eigenvalue weighted by Gasteiger charge is -2.03. The van der Waals surface area contributed by atoms with Crippen molar-refractivity contribution in [3.63, 3.8) is 0 Å². The van der Waals surface area contributed by atoms with E-state index in [-0.39, 0.29) is 0 Å². The van der Waals surface area contributed by atoms with Gasteiger partial charge in [-0.3, -0.25) is 0 Å². The van der Waals surface area contributed by atoms with Crippen LogP contribution >= 0.6 is 22.6 Å². The standard InChI is InChI=1S/C15H10IN/c16-13-6-3-5-12(10-13)15-9-8-11-4-1-2-7-14(11)17-15/h1-10H. The second-order valence-electron chi connectivity index (χ2n) is 3.90. The second kappa shape index (κ2) is 4.45. The van der Waals surface area contributed by atoms with Gasteiger partial charge < -0.3 is 0 Å². The first-order chi connectivity index (χ1) is 8.33. The summed E-state index contributed by atoms with van der Waals surface area (Å²) in [5.41, 5.74) is 3.24. The molecular weight excluding hydrogens is 321 g/mol. The average Bonchev–Trinajstić information content (AvgIpc) is 2.38. The van der Waals surface area contributed by atoms with Crippen molar-refractivity contribution in [3.05, 3.63) is 64.2 Å². The molecule has 2 heteroatoms. The summed E-state index contributed by atoms with van der Waals surface area (Å²) in [7, 11) is 0. The molecule has 1 nitrogen and oxygen atoms in total. The first-order valence-corrected chi connectivity index (χ1v) is 6.52. The second-order valence-corrected chi connectivity index (χ2v) is 5.15. The van der Waals surface area contributed by atoms with Gasteiger partial charge in [0.15, 0.2) is 0 Å². The van der Waals surface area contributed by atoms with E-state index < -0.39 is 0 Å². The smallest absolute Gasteiger partial charge is 0.0710 e. The van der Waals surface area contributed by atoms with Gasteiger partial charge in [0, 0.05) is 14.5 Å². The lowest BCUT2D eigenvalue weighted by atomic mass is 10.1. The minimum Gasteiger partial charge on any atom is -0.248 e. The van der Waals surface area contributed by atoms with Crippen LogP contribution in [0.1, 0.15) is 0 Å². The number of para-hydroxylation sites is 1. The summed E-state index contributed by atoms with van der Waals surface area (Å²) in [6, 6.07) is 20.8. The number of halogens is 1. The van der Waals surface area contributed by atoms with E-state index in [0.717, 1.165) is 11.2 Å². The molecule has 0 aliphatic rings. The van der Waals surface area contributed by atoms with Crippen LogP contribution in [0.2, 0.25) is 0 Å². The molecular formula is C15H10IN. The molecule has 0 atom stereocenters. The summed E-state index contributed by atoms with van der Waals surface area (Å²) in [5, 5.41) is 1.18. The van der Waals surface area contributed by atoms with Crippen LogP contribution in [0.25, 0.3) is 22.2 Å². The quantitative estimate of drug-likeness (QED) is 0.598. The summed E-state index contributed by atoms with van der Waals surface area (Å²) in [6.07, 6.45) is 0. The minimum absolute atomic E-state index is 1.03. The maximum Gasteiger partial charge on any atom is 0.0710 e. The Kier molecular flexibility index (Phi) is 2.81. The van der Waals surface area contributed by atoms with E-state index in [1.165, 1.54) is 14.5 Å². The highest BCUT2D eigenvalue weighted by Gasteiger charge is 2.01. The Labute approximate surface area is 114 Å². The largest absolute Gasteiger partial charge is 0.248 e. The van der Waals surface area contributed by atoms with Gasteiger partial charge in [-0.25, -0.2) is 4.98 Å². The van der Waals surface area contributed by atoms with Crippen LogP contribution in [0, 0.1) is 3.57 Å². The number of hydrogen-bond donors (Lipinski definition) is 0. The van der Waals surface area contributed by atoms with E-state index in [4.69, 9.17) is 0 Å². The molecule has 0 spiro atoms. The van der Waals surface area contributed by atoms with Crippen molar-refractivity contribution in [2.45, 2.75) is 0 Å². The highest BCUT2D eigenvalue weighted by molar-refractivity contribution is 14.1. The monoisotopic (exact) mass is 331 g/mol. The summed E-state index contributed by atoms with van der Waals surface area (Å²) >= 11 is 2.32. The molecule has 2 aromatic carbocycles. The van der Waals surface area contributed by atoms with Crippen molar-refractivity contribution < 1.29 is 0 Å². The Balaban J connectivity index is 2.18. The Morgan fingerprint density at radius 2 is 1.71 bits per heavy atom. The van der Waals surface area contributed by atoms with E-state index in [1.807, 2.05) is 18.2 Å². The first kappa shape index (κ1) is 10.7. The van der Waals surface area contributed by atoms with Gasteiger partial charge in [0.2, 0.25) is 0 Å². The van der Waals surface area contributed by atoms with Gasteiger partial charge in [-0.2, -0.15) is 0 Å². The molecule has 0 unspecified atom stereocenters. The van der Waals surface area contributed by atoms with Crippen LogP contribution in [0.4, 0.5) is 0 Å².